The van der Waals surface area contributed by atoms with E-state index < -0.39 is 0 Å². The van der Waals surface area contributed by atoms with Gasteiger partial charge in [-0.2, -0.15) is 0 Å². The van der Waals surface area contributed by atoms with Crippen LogP contribution in [0.4, 0.5) is 5.69 Å². The Balaban J connectivity index is 2.35. The van der Waals surface area contributed by atoms with Gasteiger partial charge in [-0.15, -0.1) is 0 Å². The fourth-order valence-electron chi connectivity index (χ4n) is 2.41. The molecule has 0 atom stereocenters. The Labute approximate surface area is 106 Å². The number of rotatable bonds is 1. The molecule has 0 fully saturated rings. The van der Waals surface area contributed by atoms with Gasteiger partial charge in [0.05, 0.1) is 11.0 Å². The first-order chi connectivity index (χ1) is 8.68. The van der Waals surface area contributed by atoms with Crippen LogP contribution in [-0.4, -0.2) is 9.55 Å². The van der Waals surface area contributed by atoms with Crippen molar-refractivity contribution in [2.45, 2.75) is 6.92 Å². The van der Waals surface area contributed by atoms with Crippen LogP contribution in [0, 0.1) is 6.92 Å². The van der Waals surface area contributed by atoms with Crippen LogP contribution in [0.1, 0.15) is 5.56 Å². The van der Waals surface area contributed by atoms with Gasteiger partial charge in [0.15, 0.2) is 0 Å². The lowest BCUT2D eigenvalue weighted by Crippen LogP contribution is -1.97. The zero-order chi connectivity index (χ0) is 12.7. The van der Waals surface area contributed by atoms with Crippen molar-refractivity contribution in [1.82, 2.24) is 9.55 Å². The topological polar surface area (TPSA) is 43.8 Å². The normalized spacial score (nSPS) is 11.0. The number of para-hydroxylation sites is 2. The number of hydrogen-bond acceptors (Lipinski definition) is 2. The van der Waals surface area contributed by atoms with Crippen molar-refractivity contribution in [1.29, 1.82) is 0 Å². The van der Waals surface area contributed by atoms with Crippen molar-refractivity contribution in [3.8, 4) is 11.4 Å². The molecule has 1 aromatic heterocycles. The van der Waals surface area contributed by atoms with Crippen molar-refractivity contribution in [3.63, 3.8) is 0 Å². The molecule has 0 saturated heterocycles. The zero-order valence-electron chi connectivity index (χ0n) is 10.5. The lowest BCUT2D eigenvalue weighted by molar-refractivity contribution is 0.956. The summed E-state index contributed by atoms with van der Waals surface area (Å²) in [7, 11) is 2.03. The Kier molecular flexibility index (Phi) is 2.33. The predicted molar refractivity (Wildman–Crippen MR) is 75.3 cm³/mol. The third-order valence-electron chi connectivity index (χ3n) is 3.30. The highest BCUT2D eigenvalue weighted by Gasteiger charge is 2.12. The SMILES string of the molecule is Cc1cccc2nc(-c3ccccc3N)n(C)c12. The molecular formula is C15H15N3. The van der Waals surface area contributed by atoms with Crippen LogP contribution >= 0.6 is 0 Å². The molecule has 0 unspecified atom stereocenters. The second kappa shape index (κ2) is 3.88. The minimum absolute atomic E-state index is 0.758. The quantitative estimate of drug-likeness (QED) is 0.661. The number of imidazole rings is 1. The van der Waals surface area contributed by atoms with Gasteiger partial charge >= 0.3 is 0 Å². The number of fused-ring (bicyclic) bond motifs is 1. The summed E-state index contributed by atoms with van der Waals surface area (Å²) < 4.78 is 2.11. The van der Waals surface area contributed by atoms with Gasteiger partial charge in [0.25, 0.3) is 0 Å². The average Bonchev–Trinajstić information content (AvgIpc) is 2.69. The Morgan fingerprint density at radius 2 is 1.83 bits per heavy atom. The van der Waals surface area contributed by atoms with Crippen molar-refractivity contribution in [2.24, 2.45) is 7.05 Å². The molecule has 0 bridgehead atoms. The van der Waals surface area contributed by atoms with E-state index in [1.807, 2.05) is 43.4 Å². The maximum absolute atomic E-state index is 6.03. The first kappa shape index (κ1) is 10.8. The first-order valence-corrected chi connectivity index (χ1v) is 5.95. The molecule has 0 aliphatic heterocycles. The van der Waals surface area contributed by atoms with Gasteiger partial charge in [0.2, 0.25) is 0 Å². The van der Waals surface area contributed by atoms with E-state index in [4.69, 9.17) is 5.73 Å². The summed E-state index contributed by atoms with van der Waals surface area (Å²) >= 11 is 0. The third-order valence-corrected chi connectivity index (χ3v) is 3.30. The average molecular weight is 237 g/mol. The molecule has 0 radical (unpaired) electrons. The summed E-state index contributed by atoms with van der Waals surface area (Å²) in [6.45, 7) is 2.10. The van der Waals surface area contributed by atoms with Crippen molar-refractivity contribution >= 4 is 16.7 Å². The summed E-state index contributed by atoms with van der Waals surface area (Å²) in [4.78, 5) is 4.69. The molecule has 2 N–H and O–H groups in total. The van der Waals surface area contributed by atoms with Gasteiger partial charge in [-0.25, -0.2) is 4.98 Å². The van der Waals surface area contributed by atoms with E-state index in [1.165, 1.54) is 5.56 Å². The van der Waals surface area contributed by atoms with E-state index in [0.29, 0.717) is 0 Å². The van der Waals surface area contributed by atoms with E-state index in [9.17, 15) is 0 Å². The molecule has 3 nitrogen and oxygen atoms in total. The van der Waals surface area contributed by atoms with Crippen molar-refractivity contribution in [3.05, 3.63) is 48.0 Å². The van der Waals surface area contributed by atoms with Crippen LogP contribution in [0.25, 0.3) is 22.4 Å². The Hall–Kier alpha value is -2.29. The molecule has 3 aromatic rings. The highest BCUT2D eigenvalue weighted by Crippen LogP contribution is 2.28. The number of aryl methyl sites for hydroxylation is 2. The second-order valence-corrected chi connectivity index (χ2v) is 4.52. The number of anilines is 1. The molecule has 3 heteroatoms. The van der Waals surface area contributed by atoms with Gasteiger partial charge in [0, 0.05) is 18.3 Å². The maximum Gasteiger partial charge on any atom is 0.142 e. The molecule has 0 saturated carbocycles. The molecular weight excluding hydrogens is 222 g/mol. The van der Waals surface area contributed by atoms with Crippen LogP contribution in [0.3, 0.4) is 0 Å². The van der Waals surface area contributed by atoms with Crippen LogP contribution in [0.15, 0.2) is 42.5 Å². The Morgan fingerprint density at radius 1 is 1.06 bits per heavy atom. The number of nitrogens with two attached hydrogens (primary N) is 1. The Morgan fingerprint density at radius 3 is 2.56 bits per heavy atom. The molecule has 18 heavy (non-hydrogen) atoms. The first-order valence-electron chi connectivity index (χ1n) is 5.95. The number of nitrogens with zero attached hydrogens (tertiary/aromatic N) is 2. The van der Waals surface area contributed by atoms with Gasteiger partial charge in [0.1, 0.15) is 5.82 Å². The smallest absolute Gasteiger partial charge is 0.142 e. The van der Waals surface area contributed by atoms with Gasteiger partial charge < -0.3 is 10.3 Å². The fourth-order valence-corrected chi connectivity index (χ4v) is 2.41. The van der Waals surface area contributed by atoms with Crippen LogP contribution in [-0.2, 0) is 7.05 Å². The Bertz CT molecular complexity index is 726. The van der Waals surface area contributed by atoms with Gasteiger partial charge in [-0.3, -0.25) is 0 Å². The van der Waals surface area contributed by atoms with E-state index in [0.717, 1.165) is 28.1 Å². The number of hydrogen-bond donors (Lipinski definition) is 1. The molecule has 0 spiro atoms. The van der Waals surface area contributed by atoms with Crippen molar-refractivity contribution < 1.29 is 0 Å². The summed E-state index contributed by atoms with van der Waals surface area (Å²) in [5.41, 5.74) is 11.2. The second-order valence-electron chi connectivity index (χ2n) is 4.52. The monoisotopic (exact) mass is 237 g/mol. The lowest BCUT2D eigenvalue weighted by atomic mass is 10.1. The predicted octanol–water partition coefficient (Wildman–Crippen LogP) is 3.13. The summed E-state index contributed by atoms with van der Waals surface area (Å²) in [5, 5.41) is 0. The molecule has 1 heterocycles. The lowest BCUT2D eigenvalue weighted by Gasteiger charge is -2.06. The zero-order valence-corrected chi connectivity index (χ0v) is 10.5. The summed E-state index contributed by atoms with van der Waals surface area (Å²) in [6, 6.07) is 14.0. The largest absolute Gasteiger partial charge is 0.398 e. The summed E-state index contributed by atoms with van der Waals surface area (Å²) in [6.07, 6.45) is 0. The number of benzene rings is 2. The highest BCUT2D eigenvalue weighted by atomic mass is 15.1. The minimum Gasteiger partial charge on any atom is -0.398 e. The summed E-state index contributed by atoms with van der Waals surface area (Å²) in [5.74, 6) is 0.914. The van der Waals surface area contributed by atoms with Crippen LogP contribution in [0.2, 0.25) is 0 Å². The highest BCUT2D eigenvalue weighted by molar-refractivity contribution is 5.85. The van der Waals surface area contributed by atoms with Gasteiger partial charge in [-0.05, 0) is 30.7 Å². The van der Waals surface area contributed by atoms with Crippen molar-refractivity contribution in [2.75, 3.05) is 5.73 Å². The van der Waals surface area contributed by atoms with E-state index >= 15 is 0 Å². The maximum atomic E-state index is 6.03. The molecule has 0 amide bonds. The molecule has 3 rings (SSSR count). The van der Waals surface area contributed by atoms with E-state index in [2.05, 4.69) is 22.5 Å². The van der Waals surface area contributed by atoms with E-state index in [-0.39, 0.29) is 0 Å². The molecule has 0 aliphatic rings. The third kappa shape index (κ3) is 1.48. The standard InChI is InChI=1S/C15H15N3/c1-10-6-5-9-13-14(10)18(2)15(17-13)11-7-3-4-8-12(11)16/h3-9H,16H2,1-2H3. The van der Waals surface area contributed by atoms with Gasteiger partial charge in [-0.1, -0.05) is 24.3 Å². The van der Waals surface area contributed by atoms with E-state index in [1.54, 1.807) is 0 Å². The number of nitrogen functional groups attached to an aromatic ring is 1. The number of aromatic nitrogens is 2. The molecule has 0 aliphatic carbocycles. The van der Waals surface area contributed by atoms with Crippen LogP contribution < -0.4 is 5.73 Å². The molecule has 2 aromatic carbocycles. The molecule has 90 valence electrons. The fraction of sp³-hybridized carbons (Fsp3) is 0.133. The van der Waals surface area contributed by atoms with Crippen LogP contribution in [0.5, 0.6) is 0 Å². The minimum atomic E-state index is 0.758.